The van der Waals surface area contributed by atoms with Crippen LogP contribution in [-0.2, 0) is 12.8 Å². The van der Waals surface area contributed by atoms with Crippen molar-refractivity contribution in [2.45, 2.75) is 53.5 Å². The van der Waals surface area contributed by atoms with Gasteiger partial charge in [-0.25, -0.2) is 9.97 Å². The van der Waals surface area contributed by atoms with E-state index in [2.05, 4.69) is 49.0 Å². The zero-order valence-electron chi connectivity index (χ0n) is 11.7. The molecule has 0 fully saturated rings. The maximum Gasteiger partial charge on any atom is 0.125 e. The third-order valence-corrected chi connectivity index (χ3v) is 3.01. The predicted octanol–water partition coefficient (Wildman–Crippen LogP) is 2.52. The van der Waals surface area contributed by atoms with Crippen LogP contribution in [0.25, 0.3) is 0 Å². The van der Waals surface area contributed by atoms with Crippen LogP contribution in [0.1, 0.15) is 44.9 Å². The summed E-state index contributed by atoms with van der Waals surface area (Å²) >= 11 is 0. The lowest BCUT2D eigenvalue weighted by Gasteiger charge is -2.21. The van der Waals surface area contributed by atoms with Crippen LogP contribution in [0.2, 0.25) is 0 Å². The van der Waals surface area contributed by atoms with Crippen LogP contribution in [-0.4, -0.2) is 22.6 Å². The van der Waals surface area contributed by atoms with Gasteiger partial charge in [0.1, 0.15) is 5.82 Å². The van der Waals surface area contributed by atoms with Gasteiger partial charge in [-0.05, 0) is 31.9 Å². The number of likely N-dealkylation sites (N-methyl/N-ethyl adjacent to an activating group) is 1. The van der Waals surface area contributed by atoms with Gasteiger partial charge in [-0.3, -0.25) is 0 Å². The molecule has 0 radical (unpaired) electrons. The molecule has 1 unspecified atom stereocenters. The van der Waals surface area contributed by atoms with E-state index >= 15 is 0 Å². The largest absolute Gasteiger partial charge is 0.314 e. The Morgan fingerprint density at radius 2 is 1.82 bits per heavy atom. The SMILES string of the molecule is CCNC(Cc1cc(CC)nc(C)n1)C(C)C. The summed E-state index contributed by atoms with van der Waals surface area (Å²) in [6, 6.07) is 2.64. The Labute approximate surface area is 105 Å². The molecule has 0 saturated heterocycles. The molecular weight excluding hydrogens is 210 g/mol. The fraction of sp³-hybridized carbons (Fsp3) is 0.714. The summed E-state index contributed by atoms with van der Waals surface area (Å²) in [5.41, 5.74) is 2.31. The number of hydrogen-bond donors (Lipinski definition) is 1. The van der Waals surface area contributed by atoms with E-state index in [-0.39, 0.29) is 0 Å². The molecule has 0 aromatic carbocycles. The summed E-state index contributed by atoms with van der Waals surface area (Å²) in [4.78, 5) is 8.95. The van der Waals surface area contributed by atoms with E-state index in [0.29, 0.717) is 12.0 Å². The van der Waals surface area contributed by atoms with Crippen molar-refractivity contribution in [1.29, 1.82) is 0 Å². The summed E-state index contributed by atoms with van der Waals surface area (Å²) < 4.78 is 0. The van der Waals surface area contributed by atoms with E-state index < -0.39 is 0 Å². The van der Waals surface area contributed by atoms with Gasteiger partial charge in [-0.1, -0.05) is 27.7 Å². The quantitative estimate of drug-likeness (QED) is 0.823. The minimum absolute atomic E-state index is 0.499. The maximum atomic E-state index is 4.54. The monoisotopic (exact) mass is 235 g/mol. The van der Waals surface area contributed by atoms with Gasteiger partial charge in [0.25, 0.3) is 0 Å². The number of rotatable bonds is 6. The molecule has 1 N–H and O–H groups in total. The zero-order chi connectivity index (χ0) is 12.8. The average Bonchev–Trinajstić information content (AvgIpc) is 2.27. The first kappa shape index (κ1) is 14.1. The van der Waals surface area contributed by atoms with Gasteiger partial charge in [0.15, 0.2) is 0 Å². The second-order valence-corrected chi connectivity index (χ2v) is 4.86. The van der Waals surface area contributed by atoms with Crippen LogP contribution < -0.4 is 5.32 Å². The zero-order valence-corrected chi connectivity index (χ0v) is 11.7. The Hall–Kier alpha value is -0.960. The standard InChI is InChI=1S/C14H25N3/c1-6-12-8-13(17-11(5)16-12)9-14(10(3)4)15-7-2/h8,10,14-15H,6-7,9H2,1-5H3. The van der Waals surface area contributed by atoms with E-state index in [1.807, 2.05) is 6.92 Å². The van der Waals surface area contributed by atoms with Gasteiger partial charge in [0.2, 0.25) is 0 Å². The Morgan fingerprint density at radius 1 is 1.18 bits per heavy atom. The van der Waals surface area contributed by atoms with Crippen molar-refractivity contribution in [3.63, 3.8) is 0 Å². The summed E-state index contributed by atoms with van der Waals surface area (Å²) in [6.07, 6.45) is 1.96. The molecule has 0 saturated carbocycles. The predicted molar refractivity (Wildman–Crippen MR) is 72.2 cm³/mol. The second-order valence-electron chi connectivity index (χ2n) is 4.86. The average molecular weight is 235 g/mol. The van der Waals surface area contributed by atoms with Crippen molar-refractivity contribution in [3.8, 4) is 0 Å². The fourth-order valence-corrected chi connectivity index (χ4v) is 2.01. The van der Waals surface area contributed by atoms with Crippen LogP contribution >= 0.6 is 0 Å². The molecule has 0 aliphatic carbocycles. The highest BCUT2D eigenvalue weighted by Crippen LogP contribution is 2.10. The second kappa shape index (κ2) is 6.70. The first-order chi connectivity index (χ1) is 8.06. The van der Waals surface area contributed by atoms with Crippen molar-refractivity contribution < 1.29 is 0 Å². The topological polar surface area (TPSA) is 37.8 Å². The molecular formula is C14H25N3. The summed E-state index contributed by atoms with van der Waals surface area (Å²) in [6.45, 7) is 11.8. The van der Waals surface area contributed by atoms with Gasteiger partial charge >= 0.3 is 0 Å². The number of aryl methyl sites for hydroxylation is 2. The number of nitrogens with zero attached hydrogens (tertiary/aromatic N) is 2. The Morgan fingerprint density at radius 3 is 2.35 bits per heavy atom. The molecule has 1 aromatic heterocycles. The molecule has 0 aliphatic heterocycles. The molecule has 0 aliphatic rings. The molecule has 1 atom stereocenters. The molecule has 3 heteroatoms. The Kier molecular flexibility index (Phi) is 5.56. The lowest BCUT2D eigenvalue weighted by atomic mass is 9.98. The lowest BCUT2D eigenvalue weighted by Crippen LogP contribution is -2.35. The van der Waals surface area contributed by atoms with E-state index in [4.69, 9.17) is 0 Å². The van der Waals surface area contributed by atoms with Crippen molar-refractivity contribution in [1.82, 2.24) is 15.3 Å². The van der Waals surface area contributed by atoms with Gasteiger partial charge in [0.05, 0.1) is 0 Å². The van der Waals surface area contributed by atoms with Crippen LogP contribution in [0.3, 0.4) is 0 Å². The first-order valence-electron chi connectivity index (χ1n) is 6.63. The van der Waals surface area contributed by atoms with Crippen LogP contribution in [0, 0.1) is 12.8 Å². The molecule has 96 valence electrons. The van der Waals surface area contributed by atoms with E-state index in [9.17, 15) is 0 Å². The van der Waals surface area contributed by atoms with E-state index in [1.165, 1.54) is 0 Å². The molecule has 1 heterocycles. The molecule has 0 bridgehead atoms. The Balaban J connectivity index is 2.81. The normalized spacial score (nSPS) is 13.1. The van der Waals surface area contributed by atoms with E-state index in [1.54, 1.807) is 0 Å². The third kappa shape index (κ3) is 4.43. The van der Waals surface area contributed by atoms with Gasteiger partial charge in [-0.15, -0.1) is 0 Å². The molecule has 0 spiro atoms. The minimum atomic E-state index is 0.499. The number of aromatic nitrogens is 2. The third-order valence-electron chi connectivity index (χ3n) is 3.01. The van der Waals surface area contributed by atoms with Crippen LogP contribution in [0.15, 0.2) is 6.07 Å². The van der Waals surface area contributed by atoms with Crippen LogP contribution in [0.5, 0.6) is 0 Å². The highest BCUT2D eigenvalue weighted by molar-refractivity contribution is 5.12. The van der Waals surface area contributed by atoms with E-state index in [0.717, 1.165) is 36.6 Å². The van der Waals surface area contributed by atoms with Crippen molar-refractivity contribution in [2.24, 2.45) is 5.92 Å². The minimum Gasteiger partial charge on any atom is -0.314 e. The maximum absolute atomic E-state index is 4.54. The molecule has 3 nitrogen and oxygen atoms in total. The molecule has 1 rings (SSSR count). The number of hydrogen-bond acceptors (Lipinski definition) is 3. The lowest BCUT2D eigenvalue weighted by molar-refractivity contribution is 0.402. The van der Waals surface area contributed by atoms with Gasteiger partial charge in [-0.2, -0.15) is 0 Å². The fourth-order valence-electron chi connectivity index (χ4n) is 2.01. The number of nitrogens with one attached hydrogen (secondary N) is 1. The smallest absolute Gasteiger partial charge is 0.125 e. The Bertz CT molecular complexity index is 347. The first-order valence-corrected chi connectivity index (χ1v) is 6.63. The summed E-state index contributed by atoms with van der Waals surface area (Å²) in [5.74, 6) is 1.51. The van der Waals surface area contributed by atoms with Crippen molar-refractivity contribution >= 4 is 0 Å². The van der Waals surface area contributed by atoms with Gasteiger partial charge in [0, 0.05) is 23.9 Å². The summed E-state index contributed by atoms with van der Waals surface area (Å²) in [5, 5.41) is 3.53. The molecule has 1 aromatic rings. The molecule has 17 heavy (non-hydrogen) atoms. The summed E-state index contributed by atoms with van der Waals surface area (Å²) in [7, 11) is 0. The molecule has 0 amide bonds. The van der Waals surface area contributed by atoms with Crippen molar-refractivity contribution in [2.75, 3.05) is 6.54 Å². The van der Waals surface area contributed by atoms with Crippen LogP contribution in [0.4, 0.5) is 0 Å². The van der Waals surface area contributed by atoms with Crippen molar-refractivity contribution in [3.05, 3.63) is 23.3 Å². The highest BCUT2D eigenvalue weighted by Gasteiger charge is 2.14. The highest BCUT2D eigenvalue weighted by atomic mass is 14.9. The van der Waals surface area contributed by atoms with Gasteiger partial charge < -0.3 is 5.32 Å².